The number of fused-ring (bicyclic) bond motifs is 5. The van der Waals surface area contributed by atoms with Crippen LogP contribution in [0, 0.1) is 0 Å². The number of carbonyl (C=O) groups excluding carboxylic acids is 2. The van der Waals surface area contributed by atoms with Gasteiger partial charge in [0.25, 0.3) is 0 Å². The molecule has 5 aromatic rings. The van der Waals surface area contributed by atoms with Crippen LogP contribution >= 0.6 is 0 Å². The van der Waals surface area contributed by atoms with Crippen molar-refractivity contribution in [3.63, 3.8) is 0 Å². The molecule has 2 aliphatic rings. The van der Waals surface area contributed by atoms with Gasteiger partial charge in [0.2, 0.25) is 0 Å². The van der Waals surface area contributed by atoms with Crippen LogP contribution in [-0.2, 0) is 5.41 Å². The highest BCUT2D eigenvalue weighted by atomic mass is 19.4. The van der Waals surface area contributed by atoms with Gasteiger partial charge in [0.15, 0.2) is 11.6 Å². The molecule has 6 heteroatoms. The third-order valence-electron chi connectivity index (χ3n) is 8.42. The Morgan fingerprint density at radius 2 is 1.23 bits per heavy atom. The summed E-state index contributed by atoms with van der Waals surface area (Å²) in [5.41, 5.74) is -0.202. The summed E-state index contributed by atoms with van der Waals surface area (Å²) in [4.78, 5) is 28.6. The van der Waals surface area contributed by atoms with E-state index in [1.54, 1.807) is 54.4 Å². The van der Waals surface area contributed by atoms with Crippen molar-refractivity contribution in [2.24, 2.45) is 0 Å². The van der Waals surface area contributed by atoms with Crippen molar-refractivity contribution in [1.29, 1.82) is 0 Å². The topological polar surface area (TPSA) is 37.4 Å². The van der Waals surface area contributed by atoms with Crippen molar-refractivity contribution in [2.45, 2.75) is 18.5 Å². The lowest BCUT2D eigenvalue weighted by Crippen LogP contribution is -2.44. The minimum atomic E-state index is -4.58. The Balaban J connectivity index is 1.36. The molecule has 1 atom stereocenters. The zero-order chi connectivity index (χ0) is 28.0. The van der Waals surface area contributed by atoms with Crippen molar-refractivity contribution in [2.75, 3.05) is 11.9 Å². The van der Waals surface area contributed by atoms with Crippen LogP contribution in [0.4, 0.5) is 24.5 Å². The average Bonchev–Trinajstić information content (AvgIpc) is 3.16. The van der Waals surface area contributed by atoms with E-state index in [0.29, 0.717) is 28.1 Å². The molecule has 40 heavy (non-hydrogen) atoms. The first-order chi connectivity index (χ1) is 19.1. The fraction of sp³-hybridized carbons (Fsp3) is 0.118. The van der Waals surface area contributed by atoms with Crippen LogP contribution in [0.1, 0.15) is 44.3 Å². The Bertz CT molecular complexity index is 1890. The van der Waals surface area contributed by atoms with Crippen molar-refractivity contribution in [3.05, 3.63) is 124 Å². The second-order valence-corrected chi connectivity index (χ2v) is 10.6. The molecule has 0 spiro atoms. The highest BCUT2D eigenvalue weighted by Gasteiger charge is 2.57. The van der Waals surface area contributed by atoms with Gasteiger partial charge in [-0.15, -0.1) is 0 Å². The fourth-order valence-electron chi connectivity index (χ4n) is 6.16. The van der Waals surface area contributed by atoms with E-state index in [4.69, 9.17) is 0 Å². The van der Waals surface area contributed by atoms with Crippen molar-refractivity contribution >= 4 is 50.6 Å². The summed E-state index contributed by atoms with van der Waals surface area (Å²) in [6, 6.07) is 26.5. The number of para-hydroxylation sites is 1. The van der Waals surface area contributed by atoms with Crippen molar-refractivity contribution < 1.29 is 22.8 Å². The molecule has 5 aromatic carbocycles. The van der Waals surface area contributed by atoms with Crippen LogP contribution in [-0.4, -0.2) is 24.8 Å². The largest absolute Gasteiger partial charge is 0.402 e. The number of hydrogen-bond acceptors (Lipinski definition) is 3. The van der Waals surface area contributed by atoms with E-state index in [2.05, 4.69) is 0 Å². The zero-order valence-electron chi connectivity index (χ0n) is 21.6. The number of benzene rings is 5. The Morgan fingerprint density at radius 1 is 0.675 bits per heavy atom. The van der Waals surface area contributed by atoms with Crippen LogP contribution in [0.15, 0.2) is 96.6 Å². The van der Waals surface area contributed by atoms with Crippen molar-refractivity contribution in [1.82, 2.24) is 0 Å². The quantitative estimate of drug-likeness (QED) is 0.123. The van der Waals surface area contributed by atoms with Gasteiger partial charge in [0.1, 0.15) is 5.41 Å². The van der Waals surface area contributed by atoms with Gasteiger partial charge in [0, 0.05) is 29.5 Å². The van der Waals surface area contributed by atoms with Gasteiger partial charge in [-0.05, 0) is 93.7 Å². The minimum Gasteiger partial charge on any atom is -0.344 e. The predicted octanol–water partition coefficient (Wildman–Crippen LogP) is 8.41. The Morgan fingerprint density at radius 3 is 1.82 bits per heavy atom. The molecular formula is C34H22F3NO2. The Kier molecular flexibility index (Phi) is 4.96. The second kappa shape index (κ2) is 8.15. The number of halogens is 3. The van der Waals surface area contributed by atoms with Crippen LogP contribution < -0.4 is 4.90 Å². The van der Waals surface area contributed by atoms with Gasteiger partial charge in [0.05, 0.1) is 5.57 Å². The summed E-state index contributed by atoms with van der Waals surface area (Å²) in [6.45, 7) is 1.19. The molecule has 1 unspecified atom stereocenters. The molecule has 7 rings (SSSR count). The molecule has 196 valence electrons. The minimum absolute atomic E-state index is 0.0481. The zero-order valence-corrected chi connectivity index (χ0v) is 21.6. The normalized spacial score (nSPS) is 18.2. The standard InChI is InChI=1S/C34H22F3NO2/c1-33(34(35,36)37)27-9-5-6-10-29(27)38(2)30-12-11-19(14-28(30)33)13-26-31(39)24-17-22-15-20-7-3-4-8-21(20)16-23(22)18-25(24)32(26)40/h3-18H,1-2H3. The van der Waals surface area contributed by atoms with Crippen LogP contribution in [0.5, 0.6) is 0 Å². The summed E-state index contributed by atoms with van der Waals surface area (Å²) in [5.74, 6) is -0.845. The summed E-state index contributed by atoms with van der Waals surface area (Å²) < 4.78 is 44.2. The summed E-state index contributed by atoms with van der Waals surface area (Å²) in [5, 5.41) is 3.74. The number of anilines is 2. The Labute approximate surface area is 228 Å². The summed E-state index contributed by atoms with van der Waals surface area (Å²) >= 11 is 0. The van der Waals surface area contributed by atoms with E-state index in [9.17, 15) is 22.8 Å². The number of carbonyl (C=O) groups is 2. The van der Waals surface area contributed by atoms with E-state index in [-0.39, 0.29) is 16.7 Å². The third-order valence-corrected chi connectivity index (χ3v) is 8.42. The molecule has 0 radical (unpaired) electrons. The van der Waals surface area contributed by atoms with Crippen LogP contribution in [0.25, 0.3) is 27.6 Å². The van der Waals surface area contributed by atoms with Crippen LogP contribution in [0.3, 0.4) is 0 Å². The molecule has 0 N–H and O–H groups in total. The number of rotatable bonds is 1. The molecule has 0 aromatic heterocycles. The lowest BCUT2D eigenvalue weighted by Gasteiger charge is -2.43. The summed E-state index contributed by atoms with van der Waals surface area (Å²) in [6.07, 6.45) is -3.16. The summed E-state index contributed by atoms with van der Waals surface area (Å²) in [7, 11) is 1.74. The number of Topliss-reactive ketones (excluding diaryl/α,β-unsaturated/α-hetero) is 2. The van der Waals surface area contributed by atoms with Gasteiger partial charge in [-0.2, -0.15) is 13.2 Å². The smallest absolute Gasteiger partial charge is 0.344 e. The first kappa shape index (κ1) is 24.3. The molecule has 0 saturated heterocycles. The molecule has 0 bridgehead atoms. The third kappa shape index (κ3) is 3.25. The van der Waals surface area contributed by atoms with Gasteiger partial charge >= 0.3 is 6.18 Å². The maximum Gasteiger partial charge on any atom is 0.402 e. The average molecular weight is 534 g/mol. The monoisotopic (exact) mass is 533 g/mol. The second-order valence-electron chi connectivity index (χ2n) is 10.6. The number of allylic oxidation sites excluding steroid dienone is 1. The fourth-order valence-corrected chi connectivity index (χ4v) is 6.16. The van der Waals surface area contributed by atoms with E-state index < -0.39 is 23.2 Å². The SMILES string of the molecule is CN1c2ccccc2C(C)(C(F)(F)F)c2cc(C=C3C(=O)c4cc5cc6ccccc6cc5cc4C3=O)ccc21. The molecule has 0 fully saturated rings. The van der Waals surface area contributed by atoms with Gasteiger partial charge < -0.3 is 4.90 Å². The molecule has 1 aliphatic heterocycles. The van der Waals surface area contributed by atoms with E-state index in [1.807, 2.05) is 36.4 Å². The van der Waals surface area contributed by atoms with E-state index >= 15 is 0 Å². The van der Waals surface area contributed by atoms with Gasteiger partial charge in [-0.3, -0.25) is 9.59 Å². The molecule has 3 nitrogen and oxygen atoms in total. The number of nitrogens with zero attached hydrogens (tertiary/aromatic N) is 1. The molecule has 1 aliphatic carbocycles. The maximum atomic E-state index is 14.7. The first-order valence-electron chi connectivity index (χ1n) is 12.9. The van der Waals surface area contributed by atoms with E-state index in [1.165, 1.54) is 25.1 Å². The number of alkyl halides is 3. The Hall–Kier alpha value is -4.71. The molecule has 1 heterocycles. The van der Waals surface area contributed by atoms with Crippen molar-refractivity contribution in [3.8, 4) is 0 Å². The molecule has 0 saturated carbocycles. The highest BCUT2D eigenvalue weighted by molar-refractivity contribution is 6.42. The highest BCUT2D eigenvalue weighted by Crippen LogP contribution is 2.55. The molecule has 0 amide bonds. The maximum absolute atomic E-state index is 14.7. The molecular weight excluding hydrogens is 511 g/mol. The predicted molar refractivity (Wildman–Crippen MR) is 152 cm³/mol. The van der Waals surface area contributed by atoms with Gasteiger partial charge in [-0.25, -0.2) is 0 Å². The number of hydrogen-bond donors (Lipinski definition) is 0. The lowest BCUT2D eigenvalue weighted by atomic mass is 9.71. The lowest BCUT2D eigenvalue weighted by molar-refractivity contribution is -0.173. The van der Waals surface area contributed by atoms with Gasteiger partial charge in [-0.1, -0.05) is 48.5 Å². The number of ketones is 2. The van der Waals surface area contributed by atoms with E-state index in [0.717, 1.165) is 21.5 Å². The van der Waals surface area contributed by atoms with Crippen LogP contribution in [0.2, 0.25) is 0 Å². The first-order valence-corrected chi connectivity index (χ1v) is 12.9.